The standard InChI is InChI=1S/C17H30O5/c1-11-12(2)15(10-22-14(4)18)9-16(13(11)3)21-8-6-5-7-17(19)20/h11-13,15-16H,5-10H2,1-4H3,(H,19,20)/t11-,12+,13?,15?,16+/m0/s1. The van der Waals surface area contributed by atoms with Crippen LogP contribution in [0.5, 0.6) is 0 Å². The molecule has 0 heterocycles. The first kappa shape index (κ1) is 18.9. The van der Waals surface area contributed by atoms with Gasteiger partial charge >= 0.3 is 11.9 Å². The highest BCUT2D eigenvalue weighted by atomic mass is 16.5. The van der Waals surface area contributed by atoms with Gasteiger partial charge < -0.3 is 14.6 Å². The molecule has 0 amide bonds. The second-order valence-electron chi connectivity index (χ2n) is 6.64. The van der Waals surface area contributed by atoms with Crippen LogP contribution in [-0.4, -0.2) is 36.4 Å². The molecule has 1 rings (SSSR count). The number of esters is 1. The zero-order valence-corrected chi connectivity index (χ0v) is 14.2. The van der Waals surface area contributed by atoms with Crippen LogP contribution in [0, 0.1) is 23.7 Å². The van der Waals surface area contributed by atoms with E-state index in [1.807, 2.05) is 0 Å². The largest absolute Gasteiger partial charge is 0.481 e. The van der Waals surface area contributed by atoms with E-state index in [1.54, 1.807) is 0 Å². The second kappa shape index (κ2) is 9.13. The van der Waals surface area contributed by atoms with Gasteiger partial charge in [-0.2, -0.15) is 0 Å². The summed E-state index contributed by atoms with van der Waals surface area (Å²) in [5.41, 5.74) is 0. The molecule has 0 radical (unpaired) electrons. The molecule has 128 valence electrons. The van der Waals surface area contributed by atoms with Gasteiger partial charge in [0.25, 0.3) is 0 Å². The van der Waals surface area contributed by atoms with Gasteiger partial charge in [0.1, 0.15) is 0 Å². The Kier molecular flexibility index (Phi) is 7.87. The van der Waals surface area contributed by atoms with E-state index in [2.05, 4.69) is 20.8 Å². The lowest BCUT2D eigenvalue weighted by Crippen LogP contribution is -2.42. The molecule has 0 spiro atoms. The summed E-state index contributed by atoms with van der Waals surface area (Å²) in [5.74, 6) is 0.821. The van der Waals surface area contributed by atoms with E-state index in [4.69, 9.17) is 14.6 Å². The summed E-state index contributed by atoms with van der Waals surface area (Å²) >= 11 is 0. The molecule has 1 aliphatic carbocycles. The van der Waals surface area contributed by atoms with Gasteiger partial charge in [-0.05, 0) is 42.9 Å². The lowest BCUT2D eigenvalue weighted by atomic mass is 9.67. The van der Waals surface area contributed by atoms with Crippen molar-refractivity contribution in [2.75, 3.05) is 13.2 Å². The first-order valence-corrected chi connectivity index (χ1v) is 8.29. The average Bonchev–Trinajstić information content (AvgIpc) is 2.45. The van der Waals surface area contributed by atoms with Crippen molar-refractivity contribution in [3.05, 3.63) is 0 Å². The Bertz CT molecular complexity index is 368. The van der Waals surface area contributed by atoms with Gasteiger partial charge in [-0.25, -0.2) is 0 Å². The number of carboxylic acid groups (broad SMARTS) is 1. The number of carbonyl (C=O) groups is 2. The van der Waals surface area contributed by atoms with Crippen LogP contribution in [-0.2, 0) is 19.1 Å². The van der Waals surface area contributed by atoms with E-state index >= 15 is 0 Å². The Morgan fingerprint density at radius 3 is 2.36 bits per heavy atom. The van der Waals surface area contributed by atoms with Crippen molar-refractivity contribution in [1.29, 1.82) is 0 Å². The molecule has 1 aliphatic rings. The van der Waals surface area contributed by atoms with Gasteiger partial charge in [-0.15, -0.1) is 0 Å². The monoisotopic (exact) mass is 314 g/mol. The summed E-state index contributed by atoms with van der Waals surface area (Å²) in [6, 6.07) is 0. The SMILES string of the molecule is CC(=O)OCC1C[C@@H](OCCCCC(=O)O)C(C)[C@@H](C)[C@H]1C. The van der Waals surface area contributed by atoms with Crippen LogP contribution < -0.4 is 0 Å². The average molecular weight is 314 g/mol. The Hall–Kier alpha value is -1.10. The summed E-state index contributed by atoms with van der Waals surface area (Å²) in [6.07, 6.45) is 2.69. The highest BCUT2D eigenvalue weighted by Gasteiger charge is 2.38. The number of ether oxygens (including phenoxy) is 2. The van der Waals surface area contributed by atoms with E-state index in [0.717, 1.165) is 12.8 Å². The van der Waals surface area contributed by atoms with E-state index in [-0.39, 0.29) is 18.5 Å². The molecule has 22 heavy (non-hydrogen) atoms. The zero-order valence-electron chi connectivity index (χ0n) is 14.2. The molecule has 0 aromatic rings. The first-order chi connectivity index (χ1) is 10.3. The molecular formula is C17H30O5. The van der Waals surface area contributed by atoms with Gasteiger partial charge in [0.05, 0.1) is 12.7 Å². The van der Waals surface area contributed by atoms with Crippen molar-refractivity contribution in [2.45, 2.75) is 59.5 Å². The zero-order chi connectivity index (χ0) is 16.7. The fraction of sp³-hybridized carbons (Fsp3) is 0.882. The lowest BCUT2D eigenvalue weighted by molar-refractivity contribution is -0.146. The molecule has 1 N–H and O–H groups in total. The highest BCUT2D eigenvalue weighted by molar-refractivity contribution is 5.66. The number of rotatable bonds is 8. The first-order valence-electron chi connectivity index (χ1n) is 8.29. The van der Waals surface area contributed by atoms with Gasteiger partial charge in [-0.3, -0.25) is 9.59 Å². The summed E-state index contributed by atoms with van der Waals surface area (Å²) < 4.78 is 11.2. The van der Waals surface area contributed by atoms with Crippen molar-refractivity contribution >= 4 is 11.9 Å². The minimum absolute atomic E-state index is 0.164. The van der Waals surface area contributed by atoms with Gasteiger partial charge in [0.15, 0.2) is 0 Å². The van der Waals surface area contributed by atoms with Crippen LogP contribution in [0.3, 0.4) is 0 Å². The predicted molar refractivity (Wildman–Crippen MR) is 83.5 cm³/mol. The van der Waals surface area contributed by atoms with Crippen molar-refractivity contribution in [3.8, 4) is 0 Å². The quantitative estimate of drug-likeness (QED) is 0.550. The van der Waals surface area contributed by atoms with Crippen molar-refractivity contribution < 1.29 is 24.2 Å². The third kappa shape index (κ3) is 5.95. The summed E-state index contributed by atoms with van der Waals surface area (Å²) in [6.45, 7) is 9.17. The predicted octanol–water partition coefficient (Wildman–Crippen LogP) is 3.12. The molecular weight excluding hydrogens is 284 g/mol. The van der Waals surface area contributed by atoms with Gasteiger partial charge in [-0.1, -0.05) is 20.8 Å². The molecule has 0 bridgehead atoms. The van der Waals surface area contributed by atoms with Crippen LogP contribution in [0.25, 0.3) is 0 Å². The maximum atomic E-state index is 11.0. The van der Waals surface area contributed by atoms with Crippen LogP contribution >= 0.6 is 0 Å². The van der Waals surface area contributed by atoms with Crippen LogP contribution in [0.4, 0.5) is 0 Å². The molecule has 1 fully saturated rings. The molecule has 2 unspecified atom stereocenters. The molecule has 0 saturated heterocycles. The molecule has 0 aliphatic heterocycles. The van der Waals surface area contributed by atoms with Crippen molar-refractivity contribution in [1.82, 2.24) is 0 Å². The molecule has 1 saturated carbocycles. The van der Waals surface area contributed by atoms with E-state index in [0.29, 0.717) is 43.3 Å². The molecule has 5 atom stereocenters. The maximum Gasteiger partial charge on any atom is 0.303 e. The van der Waals surface area contributed by atoms with Crippen LogP contribution in [0.15, 0.2) is 0 Å². The fourth-order valence-electron chi connectivity index (χ4n) is 3.25. The Labute approximate surface area is 133 Å². The lowest BCUT2D eigenvalue weighted by Gasteiger charge is -2.43. The number of carbonyl (C=O) groups excluding carboxylic acids is 1. The van der Waals surface area contributed by atoms with Crippen molar-refractivity contribution in [2.24, 2.45) is 23.7 Å². The Balaban J connectivity index is 2.43. The van der Waals surface area contributed by atoms with E-state index in [9.17, 15) is 9.59 Å². The van der Waals surface area contributed by atoms with Crippen LogP contribution in [0.2, 0.25) is 0 Å². The summed E-state index contributed by atoms with van der Waals surface area (Å²) in [4.78, 5) is 21.5. The maximum absolute atomic E-state index is 11.0. The van der Waals surface area contributed by atoms with Crippen molar-refractivity contribution in [3.63, 3.8) is 0 Å². The second-order valence-corrected chi connectivity index (χ2v) is 6.64. The number of hydrogen-bond donors (Lipinski definition) is 1. The minimum Gasteiger partial charge on any atom is -0.481 e. The normalized spacial score (nSPS) is 31.7. The Morgan fingerprint density at radius 2 is 1.77 bits per heavy atom. The number of aliphatic carboxylic acids is 1. The third-order valence-electron chi connectivity index (χ3n) is 5.14. The topological polar surface area (TPSA) is 72.8 Å². The molecule has 0 aromatic carbocycles. The third-order valence-corrected chi connectivity index (χ3v) is 5.14. The fourth-order valence-corrected chi connectivity index (χ4v) is 3.25. The number of unbranched alkanes of at least 4 members (excludes halogenated alkanes) is 1. The minimum atomic E-state index is -0.755. The molecule has 5 nitrogen and oxygen atoms in total. The molecule has 0 aromatic heterocycles. The Morgan fingerprint density at radius 1 is 1.09 bits per heavy atom. The van der Waals surface area contributed by atoms with Gasteiger partial charge in [0.2, 0.25) is 0 Å². The van der Waals surface area contributed by atoms with Gasteiger partial charge in [0, 0.05) is 20.0 Å². The number of hydrogen-bond acceptors (Lipinski definition) is 4. The van der Waals surface area contributed by atoms with Crippen LogP contribution in [0.1, 0.15) is 53.4 Å². The summed E-state index contributed by atoms with van der Waals surface area (Å²) in [5, 5.41) is 8.62. The number of carboxylic acids is 1. The smallest absolute Gasteiger partial charge is 0.303 e. The summed E-state index contributed by atoms with van der Waals surface area (Å²) in [7, 11) is 0. The molecule has 5 heteroatoms. The van der Waals surface area contributed by atoms with E-state index < -0.39 is 5.97 Å². The van der Waals surface area contributed by atoms with E-state index in [1.165, 1.54) is 6.92 Å². The highest BCUT2D eigenvalue weighted by Crippen LogP contribution is 2.40.